The minimum Gasteiger partial charge on any atom is -0.495 e. The van der Waals surface area contributed by atoms with Crippen molar-refractivity contribution in [2.45, 2.75) is 17.8 Å². The second-order valence-corrected chi connectivity index (χ2v) is 4.02. The third kappa shape index (κ3) is 1.50. The molecule has 1 saturated carbocycles. The quantitative estimate of drug-likeness (QED) is 0.886. The molecule has 1 N–H and O–H groups in total. The van der Waals surface area contributed by atoms with Gasteiger partial charge in [0.25, 0.3) is 5.92 Å². The lowest BCUT2D eigenvalue weighted by molar-refractivity contribution is -0.143. The summed E-state index contributed by atoms with van der Waals surface area (Å²) in [5.41, 5.74) is -2.36. The summed E-state index contributed by atoms with van der Waals surface area (Å²) in [5.74, 6) is -4.80. The zero-order valence-corrected chi connectivity index (χ0v) is 9.74. The third-order valence-corrected chi connectivity index (χ3v) is 3.08. The molecule has 0 saturated heterocycles. The number of nitrogens with zero attached hydrogens (tertiary/aromatic N) is 1. The van der Waals surface area contributed by atoms with Crippen molar-refractivity contribution in [3.05, 3.63) is 17.8 Å². The van der Waals surface area contributed by atoms with Gasteiger partial charge in [-0.15, -0.1) is 0 Å². The number of hydrogen-bond acceptors (Lipinski definition) is 4. The number of pyridine rings is 1. The normalized spacial score (nSPS) is 24.4. The van der Waals surface area contributed by atoms with E-state index >= 15 is 0 Å². The lowest BCUT2D eigenvalue weighted by Crippen LogP contribution is -2.27. The van der Waals surface area contributed by atoms with Gasteiger partial charge < -0.3 is 14.6 Å². The van der Waals surface area contributed by atoms with Crippen molar-refractivity contribution in [1.82, 2.24) is 4.98 Å². The minimum absolute atomic E-state index is 0.00961. The molecular weight excluding hydrogens is 248 g/mol. The maximum absolute atomic E-state index is 13.4. The molecule has 1 aliphatic carbocycles. The summed E-state index contributed by atoms with van der Waals surface area (Å²) in [7, 11) is 2.58. The van der Waals surface area contributed by atoms with Crippen LogP contribution in [0.3, 0.4) is 0 Å². The molecule has 0 aromatic carbocycles. The monoisotopic (exact) mass is 259 g/mol. The first-order chi connectivity index (χ1) is 8.39. The Morgan fingerprint density at radius 3 is 2.44 bits per heavy atom. The van der Waals surface area contributed by atoms with Gasteiger partial charge in [0, 0.05) is 18.1 Å². The highest BCUT2D eigenvalue weighted by Crippen LogP contribution is 2.63. The van der Waals surface area contributed by atoms with Crippen LogP contribution in [0.5, 0.6) is 11.6 Å². The molecule has 1 aromatic rings. The van der Waals surface area contributed by atoms with Gasteiger partial charge in [-0.05, 0) is 0 Å². The van der Waals surface area contributed by atoms with Crippen molar-refractivity contribution in [3.8, 4) is 11.6 Å². The van der Waals surface area contributed by atoms with Crippen molar-refractivity contribution < 1.29 is 28.2 Å². The Balaban J connectivity index is 2.59. The van der Waals surface area contributed by atoms with Gasteiger partial charge >= 0.3 is 5.97 Å². The summed E-state index contributed by atoms with van der Waals surface area (Å²) in [5, 5.41) is 9.08. The molecule has 0 amide bonds. The number of alkyl halides is 2. The van der Waals surface area contributed by atoms with Crippen molar-refractivity contribution in [1.29, 1.82) is 0 Å². The van der Waals surface area contributed by atoms with Crippen molar-refractivity contribution >= 4 is 5.97 Å². The fourth-order valence-electron chi connectivity index (χ4n) is 1.96. The van der Waals surface area contributed by atoms with Crippen LogP contribution in [0.25, 0.3) is 0 Å². The number of carboxylic acid groups (broad SMARTS) is 1. The van der Waals surface area contributed by atoms with Crippen molar-refractivity contribution in [2.75, 3.05) is 14.2 Å². The van der Waals surface area contributed by atoms with Crippen LogP contribution in [-0.4, -0.2) is 36.2 Å². The molecule has 5 nitrogen and oxygen atoms in total. The highest BCUT2D eigenvalue weighted by atomic mass is 19.3. The molecule has 18 heavy (non-hydrogen) atoms. The van der Waals surface area contributed by atoms with Crippen LogP contribution >= 0.6 is 0 Å². The number of carbonyl (C=O) groups is 1. The van der Waals surface area contributed by atoms with Crippen LogP contribution in [0.15, 0.2) is 12.3 Å². The Labute approximate surface area is 101 Å². The summed E-state index contributed by atoms with van der Waals surface area (Å²) < 4.78 is 36.6. The van der Waals surface area contributed by atoms with E-state index in [-0.39, 0.29) is 17.2 Å². The first-order valence-corrected chi connectivity index (χ1v) is 5.09. The molecule has 0 bridgehead atoms. The molecular formula is C11H11F2NO4. The molecule has 1 unspecified atom stereocenters. The number of halogens is 2. The molecule has 0 aliphatic heterocycles. The number of hydrogen-bond donors (Lipinski definition) is 1. The minimum atomic E-state index is -3.29. The zero-order chi connectivity index (χ0) is 13.6. The highest BCUT2D eigenvalue weighted by Gasteiger charge is 2.78. The summed E-state index contributed by atoms with van der Waals surface area (Å²) >= 11 is 0. The standard InChI is InChI=1S/C11H11F2NO4/c1-17-7-4-14-8(18-2)3-6(7)10(9(15)16)5-11(10,12)13/h3-4H,5H2,1-2H3,(H,15,16). The van der Waals surface area contributed by atoms with Gasteiger partial charge in [-0.2, -0.15) is 0 Å². The lowest BCUT2D eigenvalue weighted by atomic mass is 9.95. The van der Waals surface area contributed by atoms with E-state index in [0.717, 1.165) is 0 Å². The van der Waals surface area contributed by atoms with Gasteiger partial charge in [0.2, 0.25) is 5.88 Å². The van der Waals surface area contributed by atoms with Gasteiger partial charge in [0.1, 0.15) is 5.75 Å². The molecule has 1 fully saturated rings. The summed E-state index contributed by atoms with van der Waals surface area (Å²) in [4.78, 5) is 15.0. The van der Waals surface area contributed by atoms with Crippen LogP contribution in [0.2, 0.25) is 0 Å². The van der Waals surface area contributed by atoms with Gasteiger partial charge in [0.15, 0.2) is 5.41 Å². The van der Waals surface area contributed by atoms with E-state index < -0.39 is 23.7 Å². The first kappa shape index (κ1) is 12.5. The molecule has 1 aliphatic rings. The van der Waals surface area contributed by atoms with Crippen LogP contribution in [-0.2, 0) is 10.2 Å². The fraction of sp³-hybridized carbons (Fsp3) is 0.455. The van der Waals surface area contributed by atoms with E-state index in [1.54, 1.807) is 0 Å². The van der Waals surface area contributed by atoms with Gasteiger partial charge in [0.05, 0.1) is 20.4 Å². The third-order valence-electron chi connectivity index (χ3n) is 3.08. The molecule has 0 radical (unpaired) electrons. The Morgan fingerprint density at radius 1 is 1.44 bits per heavy atom. The van der Waals surface area contributed by atoms with Crippen molar-refractivity contribution in [2.24, 2.45) is 0 Å². The van der Waals surface area contributed by atoms with Crippen molar-refractivity contribution in [3.63, 3.8) is 0 Å². The summed E-state index contributed by atoms with van der Waals surface area (Å²) in [6, 6.07) is 1.17. The van der Waals surface area contributed by atoms with E-state index in [4.69, 9.17) is 14.6 Å². The molecule has 1 aromatic heterocycles. The average Bonchev–Trinajstić information content (AvgIpc) is 2.93. The van der Waals surface area contributed by atoms with E-state index in [2.05, 4.69) is 4.98 Å². The van der Waals surface area contributed by atoms with Crippen LogP contribution < -0.4 is 9.47 Å². The number of rotatable bonds is 4. The predicted molar refractivity (Wildman–Crippen MR) is 56.2 cm³/mol. The lowest BCUT2D eigenvalue weighted by Gasteiger charge is -2.16. The van der Waals surface area contributed by atoms with Gasteiger partial charge in [-0.3, -0.25) is 4.79 Å². The molecule has 1 atom stereocenters. The van der Waals surface area contributed by atoms with Crippen LogP contribution in [0.1, 0.15) is 12.0 Å². The second-order valence-electron chi connectivity index (χ2n) is 4.02. The maximum atomic E-state index is 13.4. The molecule has 7 heteroatoms. The topological polar surface area (TPSA) is 68.7 Å². The van der Waals surface area contributed by atoms with E-state index in [0.29, 0.717) is 0 Å². The number of methoxy groups -OCH3 is 2. The largest absolute Gasteiger partial charge is 0.495 e. The first-order valence-electron chi connectivity index (χ1n) is 5.09. The predicted octanol–water partition coefficient (Wildman–Crippen LogP) is 1.46. The van der Waals surface area contributed by atoms with E-state index in [1.165, 1.54) is 26.5 Å². The summed E-state index contributed by atoms with van der Waals surface area (Å²) in [6.45, 7) is 0. The number of aromatic nitrogens is 1. The SMILES string of the molecule is COc1cc(C2(C(=O)O)CC2(F)F)c(OC)cn1. The van der Waals surface area contributed by atoms with E-state index in [9.17, 15) is 13.6 Å². The molecule has 98 valence electrons. The fourth-order valence-corrected chi connectivity index (χ4v) is 1.96. The maximum Gasteiger partial charge on any atom is 0.320 e. The smallest absolute Gasteiger partial charge is 0.320 e. The second kappa shape index (κ2) is 3.79. The Bertz CT molecular complexity index is 506. The van der Waals surface area contributed by atoms with Crippen LogP contribution in [0.4, 0.5) is 8.78 Å². The van der Waals surface area contributed by atoms with E-state index in [1.807, 2.05) is 0 Å². The Kier molecular flexibility index (Phi) is 2.64. The van der Waals surface area contributed by atoms with Crippen LogP contribution in [0, 0.1) is 0 Å². The Morgan fingerprint density at radius 2 is 2.06 bits per heavy atom. The molecule has 0 spiro atoms. The summed E-state index contributed by atoms with van der Waals surface area (Å²) in [6.07, 6.45) is 0.423. The number of carboxylic acids is 1. The Hall–Kier alpha value is -1.92. The number of ether oxygens (including phenoxy) is 2. The molecule has 2 rings (SSSR count). The van der Waals surface area contributed by atoms with Gasteiger partial charge in [-0.1, -0.05) is 0 Å². The average molecular weight is 259 g/mol. The highest BCUT2D eigenvalue weighted by molar-refractivity contribution is 5.88. The molecule has 1 heterocycles. The zero-order valence-electron chi connectivity index (χ0n) is 9.74. The van der Waals surface area contributed by atoms with Gasteiger partial charge in [-0.25, -0.2) is 13.8 Å². The number of aliphatic carboxylic acids is 1.